The molecule has 1 saturated heterocycles. The first-order valence-electron chi connectivity index (χ1n) is 6.80. The lowest BCUT2D eigenvalue weighted by molar-refractivity contribution is 0.0575. The van der Waals surface area contributed by atoms with Crippen LogP contribution in [0.1, 0.15) is 35.6 Å². The predicted octanol–water partition coefficient (Wildman–Crippen LogP) is 2.15. The van der Waals surface area contributed by atoms with Crippen molar-refractivity contribution in [3.8, 4) is 0 Å². The number of nitrogens with two attached hydrogens (primary N) is 1. The molecule has 0 aliphatic carbocycles. The molecule has 2 atom stereocenters. The first-order chi connectivity index (χ1) is 8.61. The molecular weight excluding hydrogens is 244 g/mol. The maximum Gasteiger partial charge on any atom is 0.0564 e. The largest absolute Gasteiger partial charge is 0.393 e. The van der Waals surface area contributed by atoms with Crippen LogP contribution in [-0.4, -0.2) is 35.7 Å². The van der Waals surface area contributed by atoms with Gasteiger partial charge in [-0.3, -0.25) is 4.90 Å². The third kappa shape index (κ3) is 3.12. The highest BCUT2D eigenvalue weighted by molar-refractivity contribution is 7.12. The Kier molecular flexibility index (Phi) is 4.78. The van der Waals surface area contributed by atoms with Crippen LogP contribution < -0.4 is 5.73 Å². The third-order valence-electron chi connectivity index (χ3n) is 4.01. The number of hydrogen-bond acceptors (Lipinski definition) is 4. The molecule has 2 heterocycles. The normalized spacial score (nSPS) is 22.0. The maximum absolute atomic E-state index is 9.64. The van der Waals surface area contributed by atoms with Gasteiger partial charge in [-0.25, -0.2) is 0 Å². The summed E-state index contributed by atoms with van der Waals surface area (Å²) in [5.41, 5.74) is 5.95. The van der Waals surface area contributed by atoms with Crippen molar-refractivity contribution in [2.24, 2.45) is 11.7 Å². The molecule has 1 aromatic heterocycles. The van der Waals surface area contributed by atoms with Gasteiger partial charge in [0.1, 0.15) is 0 Å². The summed E-state index contributed by atoms with van der Waals surface area (Å²) in [5.74, 6) is 0.463. The monoisotopic (exact) mass is 268 g/mol. The minimum Gasteiger partial charge on any atom is -0.393 e. The highest BCUT2D eigenvalue weighted by Crippen LogP contribution is 2.31. The lowest BCUT2D eigenvalue weighted by Gasteiger charge is -2.37. The molecule has 1 aliphatic rings. The molecule has 0 saturated carbocycles. The molecule has 2 unspecified atom stereocenters. The highest BCUT2D eigenvalue weighted by atomic mass is 32.1. The van der Waals surface area contributed by atoms with Gasteiger partial charge in [0.05, 0.1) is 12.1 Å². The van der Waals surface area contributed by atoms with E-state index in [2.05, 4.69) is 24.0 Å². The zero-order valence-electron chi connectivity index (χ0n) is 11.3. The van der Waals surface area contributed by atoms with Gasteiger partial charge in [0.15, 0.2) is 0 Å². The fourth-order valence-corrected chi connectivity index (χ4v) is 3.82. The van der Waals surface area contributed by atoms with Crippen molar-refractivity contribution < 1.29 is 5.11 Å². The number of nitrogens with zero attached hydrogens (tertiary/aromatic N) is 1. The fraction of sp³-hybridized carbons (Fsp3) is 0.714. The van der Waals surface area contributed by atoms with Gasteiger partial charge in [-0.15, -0.1) is 11.3 Å². The zero-order chi connectivity index (χ0) is 13.1. The van der Waals surface area contributed by atoms with E-state index in [1.54, 1.807) is 0 Å². The Bertz CT molecular complexity index is 370. The Balaban J connectivity index is 1.98. The van der Waals surface area contributed by atoms with Crippen molar-refractivity contribution in [3.05, 3.63) is 21.9 Å². The van der Waals surface area contributed by atoms with Crippen molar-refractivity contribution in [2.45, 2.75) is 38.8 Å². The van der Waals surface area contributed by atoms with Crippen molar-refractivity contribution in [3.63, 3.8) is 0 Å². The van der Waals surface area contributed by atoms with Gasteiger partial charge in [0, 0.05) is 16.3 Å². The summed E-state index contributed by atoms with van der Waals surface area (Å²) in [7, 11) is 0. The Morgan fingerprint density at radius 1 is 1.44 bits per heavy atom. The summed E-state index contributed by atoms with van der Waals surface area (Å²) >= 11 is 1.85. The second-order valence-electron chi connectivity index (χ2n) is 5.31. The van der Waals surface area contributed by atoms with Crippen LogP contribution in [0.5, 0.6) is 0 Å². The summed E-state index contributed by atoms with van der Waals surface area (Å²) in [6.07, 6.45) is 1.99. The second kappa shape index (κ2) is 6.15. The Morgan fingerprint density at radius 3 is 2.56 bits per heavy atom. The van der Waals surface area contributed by atoms with E-state index in [0.717, 1.165) is 25.9 Å². The van der Waals surface area contributed by atoms with Crippen LogP contribution in [0.25, 0.3) is 0 Å². The molecular formula is C14H24N2OS. The molecule has 0 amide bonds. The van der Waals surface area contributed by atoms with E-state index >= 15 is 0 Å². The van der Waals surface area contributed by atoms with Crippen molar-refractivity contribution in [1.29, 1.82) is 0 Å². The molecule has 0 bridgehead atoms. The highest BCUT2D eigenvalue weighted by Gasteiger charge is 2.27. The second-order valence-corrected chi connectivity index (χ2v) is 6.63. The summed E-state index contributed by atoms with van der Waals surface area (Å²) in [6.45, 7) is 6.83. The number of hydrogen-bond donors (Lipinski definition) is 2. The summed E-state index contributed by atoms with van der Waals surface area (Å²) in [6, 6.07) is 4.74. The summed E-state index contributed by atoms with van der Waals surface area (Å²) < 4.78 is 0. The van der Waals surface area contributed by atoms with Gasteiger partial charge < -0.3 is 10.8 Å². The quantitative estimate of drug-likeness (QED) is 0.879. The SMILES string of the molecule is Cc1ccc(C(CN)N2CCC(C(C)O)CC2)s1. The molecule has 0 aromatic carbocycles. The van der Waals surface area contributed by atoms with Crippen LogP contribution in [0.4, 0.5) is 0 Å². The summed E-state index contributed by atoms with van der Waals surface area (Å²) in [5, 5.41) is 9.64. The first-order valence-corrected chi connectivity index (χ1v) is 7.62. The van der Waals surface area contributed by atoms with Crippen molar-refractivity contribution in [1.82, 2.24) is 4.90 Å². The van der Waals surface area contributed by atoms with Gasteiger partial charge in [-0.05, 0) is 57.8 Å². The lowest BCUT2D eigenvalue weighted by atomic mass is 9.91. The van der Waals surface area contributed by atoms with Crippen LogP contribution in [0.2, 0.25) is 0 Å². The minimum atomic E-state index is -0.174. The van der Waals surface area contributed by atoms with Crippen molar-refractivity contribution >= 4 is 11.3 Å². The van der Waals surface area contributed by atoms with Gasteiger partial charge in [0.2, 0.25) is 0 Å². The van der Waals surface area contributed by atoms with Crippen LogP contribution in [-0.2, 0) is 0 Å². The number of thiophene rings is 1. The lowest BCUT2D eigenvalue weighted by Crippen LogP contribution is -2.41. The molecule has 0 radical (unpaired) electrons. The Hall–Kier alpha value is -0.420. The van der Waals surface area contributed by atoms with E-state index in [0.29, 0.717) is 18.5 Å². The number of aliphatic hydroxyl groups excluding tert-OH is 1. The van der Waals surface area contributed by atoms with E-state index in [4.69, 9.17) is 5.73 Å². The van der Waals surface area contributed by atoms with E-state index < -0.39 is 0 Å². The fourth-order valence-electron chi connectivity index (χ4n) is 2.79. The Morgan fingerprint density at radius 2 is 2.11 bits per heavy atom. The van der Waals surface area contributed by atoms with E-state index in [1.165, 1.54) is 9.75 Å². The van der Waals surface area contributed by atoms with Crippen LogP contribution in [0, 0.1) is 12.8 Å². The molecule has 3 nitrogen and oxygen atoms in total. The molecule has 18 heavy (non-hydrogen) atoms. The van der Waals surface area contributed by atoms with Gasteiger partial charge >= 0.3 is 0 Å². The van der Waals surface area contributed by atoms with Gasteiger partial charge in [-0.1, -0.05) is 0 Å². The Labute approximate surface area is 114 Å². The number of rotatable bonds is 4. The summed E-state index contributed by atoms with van der Waals surface area (Å²) in [4.78, 5) is 5.21. The number of aliphatic hydroxyl groups is 1. The van der Waals surface area contributed by atoms with Crippen molar-refractivity contribution in [2.75, 3.05) is 19.6 Å². The van der Waals surface area contributed by atoms with Crippen LogP contribution in [0.15, 0.2) is 12.1 Å². The standard InChI is InChI=1S/C14H24N2OS/c1-10-3-4-14(18-10)13(9-15)16-7-5-12(6-8-16)11(2)17/h3-4,11-13,17H,5-9,15H2,1-2H3. The number of aryl methyl sites for hydroxylation is 1. The third-order valence-corrected chi connectivity index (χ3v) is 5.11. The zero-order valence-corrected chi connectivity index (χ0v) is 12.1. The molecule has 1 aliphatic heterocycles. The number of piperidine rings is 1. The smallest absolute Gasteiger partial charge is 0.0564 e. The van der Waals surface area contributed by atoms with Gasteiger partial charge in [-0.2, -0.15) is 0 Å². The molecule has 3 N–H and O–H groups in total. The molecule has 1 aromatic rings. The van der Waals surface area contributed by atoms with E-state index in [9.17, 15) is 5.11 Å². The minimum absolute atomic E-state index is 0.174. The maximum atomic E-state index is 9.64. The molecule has 0 spiro atoms. The average molecular weight is 268 g/mol. The van der Waals surface area contributed by atoms with E-state index in [-0.39, 0.29) is 6.10 Å². The van der Waals surface area contributed by atoms with Crippen LogP contribution >= 0.6 is 11.3 Å². The average Bonchev–Trinajstić information content (AvgIpc) is 2.77. The molecule has 2 rings (SSSR count). The van der Waals surface area contributed by atoms with Crippen LogP contribution in [0.3, 0.4) is 0 Å². The molecule has 102 valence electrons. The molecule has 4 heteroatoms. The van der Waals surface area contributed by atoms with E-state index in [1.807, 2.05) is 18.3 Å². The first kappa shape index (κ1) is 14.0. The number of likely N-dealkylation sites (tertiary alicyclic amines) is 1. The van der Waals surface area contributed by atoms with Gasteiger partial charge in [0.25, 0.3) is 0 Å². The predicted molar refractivity (Wildman–Crippen MR) is 76.8 cm³/mol. The topological polar surface area (TPSA) is 49.5 Å². The molecule has 1 fully saturated rings.